The molecule has 2 aromatic carbocycles. The van der Waals surface area contributed by atoms with Crippen LogP contribution < -0.4 is 4.90 Å². The number of rotatable bonds is 3. The molecule has 2 amide bonds. The van der Waals surface area contributed by atoms with E-state index in [1.54, 1.807) is 11.8 Å². The van der Waals surface area contributed by atoms with Crippen LogP contribution in [0.15, 0.2) is 70.5 Å². The lowest BCUT2D eigenvalue weighted by atomic mass is 9.85. The molecule has 0 N–H and O–H groups in total. The maximum absolute atomic E-state index is 12.8. The van der Waals surface area contributed by atoms with Crippen LogP contribution >= 0.6 is 23.4 Å². The summed E-state index contributed by atoms with van der Waals surface area (Å²) in [6, 6.07) is 15.3. The van der Waals surface area contributed by atoms with Crippen molar-refractivity contribution in [2.24, 2.45) is 23.7 Å². The van der Waals surface area contributed by atoms with Gasteiger partial charge in [0.25, 0.3) is 0 Å². The van der Waals surface area contributed by atoms with Gasteiger partial charge < -0.3 is 0 Å². The number of carbonyl (C=O) groups excluding carboxylic acids is 2. The molecule has 3 nitrogen and oxygen atoms in total. The second-order valence-electron chi connectivity index (χ2n) is 7.06. The van der Waals surface area contributed by atoms with Crippen LogP contribution in [-0.2, 0) is 9.59 Å². The number of benzene rings is 2. The fraction of sp³-hybridized carbons (Fsp3) is 0.238. The van der Waals surface area contributed by atoms with Crippen LogP contribution in [0.4, 0.5) is 5.69 Å². The fourth-order valence-electron chi connectivity index (χ4n) is 4.46. The Morgan fingerprint density at radius 2 is 1.31 bits per heavy atom. The topological polar surface area (TPSA) is 37.4 Å². The first kappa shape index (κ1) is 16.2. The molecule has 0 unspecified atom stereocenters. The standard InChI is InChI=1S/C21H16ClNO2S/c22-14-3-7-16(8-4-14)26-17-9-5-15(6-10-17)23-20(24)18-12-1-2-13(11-12)19(18)21(23)25/h1-10,12-13,18-19H,11H2/t12-,13-,18-,19+/m0/s1. The van der Waals surface area contributed by atoms with E-state index >= 15 is 0 Å². The van der Waals surface area contributed by atoms with E-state index in [4.69, 9.17) is 11.6 Å². The highest BCUT2D eigenvalue weighted by Crippen LogP contribution is 2.53. The molecule has 2 bridgehead atoms. The molecule has 1 heterocycles. The summed E-state index contributed by atoms with van der Waals surface area (Å²) in [6.45, 7) is 0. The zero-order valence-corrected chi connectivity index (χ0v) is 15.4. The highest BCUT2D eigenvalue weighted by Gasteiger charge is 2.59. The fourth-order valence-corrected chi connectivity index (χ4v) is 5.40. The Bertz CT molecular complexity index is 892. The summed E-state index contributed by atoms with van der Waals surface area (Å²) in [5.74, 6) is 0.114. The molecule has 5 rings (SSSR count). The maximum Gasteiger partial charge on any atom is 0.238 e. The van der Waals surface area contributed by atoms with Crippen LogP contribution in [0.5, 0.6) is 0 Å². The number of halogens is 1. The van der Waals surface area contributed by atoms with E-state index < -0.39 is 0 Å². The minimum Gasteiger partial charge on any atom is -0.274 e. The van der Waals surface area contributed by atoms with Gasteiger partial charge in [-0.2, -0.15) is 0 Å². The first-order valence-corrected chi connectivity index (χ1v) is 9.91. The smallest absolute Gasteiger partial charge is 0.238 e. The summed E-state index contributed by atoms with van der Waals surface area (Å²) in [5, 5.41) is 0.713. The van der Waals surface area contributed by atoms with Gasteiger partial charge in [0, 0.05) is 14.8 Å². The Balaban J connectivity index is 1.37. The van der Waals surface area contributed by atoms with Crippen molar-refractivity contribution in [1.82, 2.24) is 0 Å². The second kappa shape index (κ2) is 6.00. The van der Waals surface area contributed by atoms with Crippen molar-refractivity contribution >= 4 is 40.9 Å². The van der Waals surface area contributed by atoms with Crippen molar-refractivity contribution in [3.8, 4) is 0 Å². The lowest BCUT2D eigenvalue weighted by molar-refractivity contribution is -0.123. The molecule has 0 spiro atoms. The first-order chi connectivity index (χ1) is 12.6. The molecule has 26 heavy (non-hydrogen) atoms. The van der Waals surface area contributed by atoms with Crippen LogP contribution in [-0.4, -0.2) is 11.8 Å². The van der Waals surface area contributed by atoms with Gasteiger partial charge >= 0.3 is 0 Å². The number of imide groups is 1. The van der Waals surface area contributed by atoms with Crippen molar-refractivity contribution in [2.45, 2.75) is 16.2 Å². The van der Waals surface area contributed by atoms with E-state index in [9.17, 15) is 9.59 Å². The van der Waals surface area contributed by atoms with Crippen LogP contribution in [0.25, 0.3) is 0 Å². The Morgan fingerprint density at radius 1 is 0.808 bits per heavy atom. The zero-order valence-electron chi connectivity index (χ0n) is 13.8. The summed E-state index contributed by atoms with van der Waals surface area (Å²) >= 11 is 7.54. The average molecular weight is 382 g/mol. The van der Waals surface area contributed by atoms with E-state index in [1.807, 2.05) is 48.5 Å². The molecule has 0 radical (unpaired) electrons. The predicted molar refractivity (Wildman–Crippen MR) is 102 cm³/mol. The van der Waals surface area contributed by atoms with E-state index in [1.165, 1.54) is 4.90 Å². The average Bonchev–Trinajstić information content (AvgIpc) is 3.32. The third-order valence-electron chi connectivity index (χ3n) is 5.61. The van der Waals surface area contributed by atoms with Crippen molar-refractivity contribution in [3.63, 3.8) is 0 Å². The quantitative estimate of drug-likeness (QED) is 0.566. The number of hydrogen-bond acceptors (Lipinski definition) is 3. The Kier molecular flexibility index (Phi) is 3.73. The molecule has 1 aliphatic heterocycles. The van der Waals surface area contributed by atoms with Gasteiger partial charge in [-0.05, 0) is 66.8 Å². The first-order valence-electron chi connectivity index (χ1n) is 8.71. The van der Waals surface area contributed by atoms with Gasteiger partial charge in [-0.3, -0.25) is 14.5 Å². The summed E-state index contributed by atoms with van der Waals surface area (Å²) in [7, 11) is 0. The number of anilines is 1. The maximum atomic E-state index is 12.8. The lowest BCUT2D eigenvalue weighted by Gasteiger charge is -2.17. The van der Waals surface area contributed by atoms with Crippen LogP contribution in [0.3, 0.4) is 0 Å². The van der Waals surface area contributed by atoms with Crippen molar-refractivity contribution in [2.75, 3.05) is 4.90 Å². The lowest BCUT2D eigenvalue weighted by Crippen LogP contribution is -2.32. The zero-order chi connectivity index (χ0) is 17.8. The molecule has 0 aromatic heterocycles. The molecule has 2 aromatic rings. The van der Waals surface area contributed by atoms with E-state index in [2.05, 4.69) is 12.2 Å². The molecule has 1 saturated heterocycles. The predicted octanol–water partition coefficient (Wildman–Crippen LogP) is 4.80. The Labute approximate surface area is 161 Å². The van der Waals surface area contributed by atoms with E-state index in [0.29, 0.717) is 10.7 Å². The molecule has 2 fully saturated rings. The second-order valence-corrected chi connectivity index (χ2v) is 8.65. The number of nitrogens with zero attached hydrogens (tertiary/aromatic N) is 1. The number of carbonyl (C=O) groups is 2. The van der Waals surface area contributed by atoms with Crippen molar-refractivity contribution in [1.29, 1.82) is 0 Å². The number of amides is 2. The van der Waals surface area contributed by atoms with E-state index in [-0.39, 0.29) is 35.5 Å². The largest absolute Gasteiger partial charge is 0.274 e. The highest BCUT2D eigenvalue weighted by molar-refractivity contribution is 7.99. The molecule has 3 aliphatic rings. The molecule has 130 valence electrons. The SMILES string of the molecule is O=C1[C@@H]2[C@H](C(=O)N1c1ccc(Sc3ccc(Cl)cc3)cc1)[C@H]1C=C[C@H]2C1. The summed E-state index contributed by atoms with van der Waals surface area (Å²) < 4.78 is 0. The third-order valence-corrected chi connectivity index (χ3v) is 6.88. The number of fused-ring (bicyclic) bond motifs is 5. The summed E-state index contributed by atoms with van der Waals surface area (Å²) in [4.78, 5) is 29.2. The van der Waals surface area contributed by atoms with Gasteiger partial charge in [-0.1, -0.05) is 35.5 Å². The molecule has 4 atom stereocenters. The molecular formula is C21H16ClNO2S. The number of hydrogen-bond donors (Lipinski definition) is 0. The number of allylic oxidation sites excluding steroid dienone is 2. The van der Waals surface area contributed by atoms with Crippen LogP contribution in [0.2, 0.25) is 5.02 Å². The minimum atomic E-state index is -0.152. The van der Waals surface area contributed by atoms with Gasteiger partial charge in [-0.15, -0.1) is 0 Å². The van der Waals surface area contributed by atoms with Gasteiger partial charge in [-0.25, -0.2) is 0 Å². The Hall–Kier alpha value is -2.04. The van der Waals surface area contributed by atoms with Gasteiger partial charge in [0.1, 0.15) is 0 Å². The molecule has 2 aliphatic carbocycles. The highest BCUT2D eigenvalue weighted by atomic mass is 35.5. The van der Waals surface area contributed by atoms with Gasteiger partial charge in [0.05, 0.1) is 17.5 Å². The molecular weight excluding hydrogens is 366 g/mol. The monoisotopic (exact) mass is 381 g/mol. The van der Waals surface area contributed by atoms with Crippen molar-refractivity contribution < 1.29 is 9.59 Å². The van der Waals surface area contributed by atoms with Gasteiger partial charge in [0.2, 0.25) is 11.8 Å². The third kappa shape index (κ3) is 2.43. The Morgan fingerprint density at radius 3 is 1.85 bits per heavy atom. The summed E-state index contributed by atoms with van der Waals surface area (Å²) in [5.41, 5.74) is 0.675. The van der Waals surface area contributed by atoms with Crippen LogP contribution in [0.1, 0.15) is 6.42 Å². The molecule has 1 saturated carbocycles. The van der Waals surface area contributed by atoms with Crippen molar-refractivity contribution in [3.05, 3.63) is 65.7 Å². The van der Waals surface area contributed by atoms with Crippen LogP contribution in [0, 0.1) is 23.7 Å². The molecule has 5 heteroatoms. The summed E-state index contributed by atoms with van der Waals surface area (Å²) in [6.07, 6.45) is 5.19. The normalized spacial score (nSPS) is 28.9. The van der Waals surface area contributed by atoms with Gasteiger partial charge in [0.15, 0.2) is 0 Å². The minimum absolute atomic E-state index is 0.0324. The van der Waals surface area contributed by atoms with E-state index in [0.717, 1.165) is 16.2 Å².